The summed E-state index contributed by atoms with van der Waals surface area (Å²) < 4.78 is 6.78. The molecule has 0 unspecified atom stereocenters. The molecule has 2 aliphatic heterocycles. The maximum atomic E-state index is 14.3. The lowest BCUT2D eigenvalue weighted by molar-refractivity contribution is -0.191. The Morgan fingerprint density at radius 1 is 1.10 bits per heavy atom. The summed E-state index contributed by atoms with van der Waals surface area (Å²) in [6.07, 6.45) is 6.50. The molecule has 8 heteroatoms. The molecule has 1 amide bonds. The van der Waals surface area contributed by atoms with Gasteiger partial charge in [-0.1, -0.05) is 50.3 Å². The number of hydrogen-bond donors (Lipinski definition) is 3. The monoisotopic (exact) mass is 544 g/mol. The molecule has 6 rings (SSSR count). The minimum atomic E-state index is -1.64. The second kappa shape index (κ2) is 9.08. The van der Waals surface area contributed by atoms with Gasteiger partial charge in [-0.2, -0.15) is 0 Å². The average Bonchev–Trinajstić information content (AvgIpc) is 3.48. The van der Waals surface area contributed by atoms with Crippen LogP contribution in [0.1, 0.15) is 52.5 Å². The van der Waals surface area contributed by atoms with Crippen LogP contribution in [-0.2, 0) is 30.3 Å². The molecule has 1 aromatic carbocycles. The number of ketones is 3. The molecule has 0 radical (unpaired) electrons. The maximum absolute atomic E-state index is 14.3. The average molecular weight is 545 g/mol. The zero-order valence-electron chi connectivity index (χ0n) is 23.3. The zero-order valence-corrected chi connectivity index (χ0v) is 23.3. The quantitative estimate of drug-likeness (QED) is 0.302. The number of H-pyrrole nitrogens is 1. The lowest BCUT2D eigenvalue weighted by Gasteiger charge is -2.50. The summed E-state index contributed by atoms with van der Waals surface area (Å²) in [5, 5.41) is 16.0. The van der Waals surface area contributed by atoms with Crippen molar-refractivity contribution in [2.45, 2.75) is 70.8 Å². The van der Waals surface area contributed by atoms with Crippen LogP contribution in [0.3, 0.4) is 0 Å². The maximum Gasteiger partial charge on any atom is 0.237 e. The van der Waals surface area contributed by atoms with Crippen molar-refractivity contribution >= 4 is 34.2 Å². The number of ether oxygens (including phenoxy) is 1. The van der Waals surface area contributed by atoms with Crippen LogP contribution in [0.5, 0.6) is 0 Å². The van der Waals surface area contributed by atoms with E-state index in [0.717, 1.165) is 16.5 Å². The molecular formula is C32H36N2O6. The van der Waals surface area contributed by atoms with Crippen LogP contribution in [0, 0.1) is 29.1 Å². The number of fused-ring (bicyclic) bond motifs is 2. The highest BCUT2D eigenvalue weighted by Crippen LogP contribution is 2.67. The van der Waals surface area contributed by atoms with Gasteiger partial charge in [0, 0.05) is 48.2 Å². The lowest BCUT2D eigenvalue weighted by Crippen LogP contribution is -2.64. The number of carbonyl (C=O) groups is 4. The molecule has 3 heterocycles. The van der Waals surface area contributed by atoms with Crippen LogP contribution in [-0.4, -0.2) is 50.8 Å². The number of aromatic nitrogens is 1. The van der Waals surface area contributed by atoms with Gasteiger partial charge in [0.1, 0.15) is 11.2 Å². The van der Waals surface area contributed by atoms with Gasteiger partial charge in [-0.15, -0.1) is 0 Å². The number of aliphatic hydroxyl groups excluding tert-OH is 1. The summed E-state index contributed by atoms with van der Waals surface area (Å²) in [5.74, 6) is -4.00. The molecule has 2 aliphatic carbocycles. The molecule has 4 aliphatic rings. The molecule has 2 bridgehead atoms. The number of aliphatic hydroxyl groups is 1. The third-order valence-corrected chi connectivity index (χ3v) is 10.1. The number of para-hydroxylation sites is 1. The Morgan fingerprint density at radius 3 is 2.62 bits per heavy atom. The van der Waals surface area contributed by atoms with E-state index in [1.807, 2.05) is 57.3 Å². The standard InChI is InChI=1S/C32H36N2O6/c1-17-8-7-10-22-28(38)30(4)19(3)27-31(40-30,15-20-16-33-23-11-6-5-9-21(20)23)34-29(39)32(22,27)25(36)13-12-24(35)26(37)18(2)14-17/h5-7,9-11,14,16-17,19,22,27-28,33,38H,8,12-13,15H2,1-4H3,(H,34,39)/b10-7+,18-14+/t17-,19-,22-,27-,28-,30-,31+,32+/m0/s1. The summed E-state index contributed by atoms with van der Waals surface area (Å²) in [5.41, 5.74) is -1.64. The second-order valence-corrected chi connectivity index (χ2v) is 12.4. The topological polar surface area (TPSA) is 126 Å². The summed E-state index contributed by atoms with van der Waals surface area (Å²) in [4.78, 5) is 57.4. The van der Waals surface area contributed by atoms with E-state index in [4.69, 9.17) is 4.74 Å². The van der Waals surface area contributed by atoms with Crippen molar-refractivity contribution in [3.05, 3.63) is 59.8 Å². The van der Waals surface area contributed by atoms with Gasteiger partial charge < -0.3 is 20.1 Å². The molecular weight excluding hydrogens is 508 g/mol. The van der Waals surface area contributed by atoms with Crippen LogP contribution in [0.25, 0.3) is 10.9 Å². The Balaban J connectivity index is 1.50. The fourth-order valence-corrected chi connectivity index (χ4v) is 8.15. The number of carbonyl (C=O) groups excluding carboxylic acids is 4. The van der Waals surface area contributed by atoms with Gasteiger partial charge in [0.2, 0.25) is 17.5 Å². The van der Waals surface area contributed by atoms with Crippen molar-refractivity contribution < 1.29 is 29.0 Å². The molecule has 2 saturated heterocycles. The Morgan fingerprint density at radius 2 is 1.85 bits per heavy atom. The Kier molecular flexibility index (Phi) is 6.09. The van der Waals surface area contributed by atoms with E-state index in [2.05, 4.69) is 10.3 Å². The van der Waals surface area contributed by atoms with Crippen LogP contribution in [0.2, 0.25) is 0 Å². The number of allylic oxidation sites excluding steroid dienone is 3. The molecule has 1 spiro atoms. The molecule has 8 nitrogen and oxygen atoms in total. The fourth-order valence-electron chi connectivity index (χ4n) is 8.15. The number of hydrogen-bond acceptors (Lipinski definition) is 6. The van der Waals surface area contributed by atoms with Crippen molar-refractivity contribution in [1.82, 2.24) is 10.3 Å². The van der Waals surface area contributed by atoms with E-state index >= 15 is 0 Å². The number of amides is 1. The fraction of sp³-hybridized carbons (Fsp3) is 0.500. The number of rotatable bonds is 2. The molecule has 3 N–H and O–H groups in total. The van der Waals surface area contributed by atoms with Gasteiger partial charge in [-0.3, -0.25) is 19.2 Å². The Bertz CT molecular complexity index is 1500. The van der Waals surface area contributed by atoms with Crippen LogP contribution < -0.4 is 5.32 Å². The molecule has 40 heavy (non-hydrogen) atoms. The Labute approximate surface area is 233 Å². The summed E-state index contributed by atoms with van der Waals surface area (Å²) in [6, 6.07) is 7.87. The van der Waals surface area contributed by atoms with Crippen LogP contribution >= 0.6 is 0 Å². The number of benzene rings is 1. The highest BCUT2D eigenvalue weighted by molar-refractivity contribution is 6.43. The lowest BCUT2D eigenvalue weighted by atomic mass is 9.50. The van der Waals surface area contributed by atoms with Crippen molar-refractivity contribution in [2.75, 3.05) is 0 Å². The summed E-state index contributed by atoms with van der Waals surface area (Å²) in [7, 11) is 0. The zero-order chi connectivity index (χ0) is 28.6. The van der Waals surface area contributed by atoms with E-state index in [1.165, 1.54) is 0 Å². The van der Waals surface area contributed by atoms with E-state index in [9.17, 15) is 24.3 Å². The molecule has 8 atom stereocenters. The first-order chi connectivity index (χ1) is 19.0. The van der Waals surface area contributed by atoms with Gasteiger partial charge in [-0.05, 0) is 49.3 Å². The van der Waals surface area contributed by atoms with Gasteiger partial charge in [0.15, 0.2) is 5.72 Å². The van der Waals surface area contributed by atoms with E-state index in [1.54, 1.807) is 19.1 Å². The Hall–Kier alpha value is -3.36. The van der Waals surface area contributed by atoms with Crippen molar-refractivity contribution in [3.8, 4) is 0 Å². The SMILES string of the molecule is C/C1=C\[C@@H](C)C/C=C/[C@H]2[C@H](O)[C@@]3(C)O[C@@]4(Cc5c[nH]c6ccccc56)NC(=O)[C@]2(C(=O)CCC(=O)C1=O)[C@H]4[C@@H]3C. The van der Waals surface area contributed by atoms with E-state index in [-0.39, 0.29) is 24.7 Å². The number of Topliss-reactive ketones (excluding diaryl/α,β-unsaturated/α-hetero) is 3. The van der Waals surface area contributed by atoms with Crippen LogP contribution in [0.4, 0.5) is 0 Å². The largest absolute Gasteiger partial charge is 0.389 e. The predicted octanol–water partition coefficient (Wildman–Crippen LogP) is 3.58. The normalized spacial score (nSPS) is 41.9. The van der Waals surface area contributed by atoms with Crippen molar-refractivity contribution in [1.29, 1.82) is 0 Å². The predicted molar refractivity (Wildman–Crippen MR) is 148 cm³/mol. The van der Waals surface area contributed by atoms with Crippen molar-refractivity contribution in [3.63, 3.8) is 0 Å². The highest BCUT2D eigenvalue weighted by atomic mass is 16.6. The molecule has 1 aromatic heterocycles. The van der Waals surface area contributed by atoms with E-state index in [0.29, 0.717) is 18.4 Å². The number of nitrogens with one attached hydrogen (secondary N) is 2. The van der Waals surface area contributed by atoms with Crippen molar-refractivity contribution in [2.24, 2.45) is 29.1 Å². The summed E-state index contributed by atoms with van der Waals surface area (Å²) in [6.45, 7) is 7.36. The molecule has 1 saturated carbocycles. The van der Waals surface area contributed by atoms with E-state index < -0.39 is 57.9 Å². The van der Waals surface area contributed by atoms with Gasteiger partial charge >= 0.3 is 0 Å². The summed E-state index contributed by atoms with van der Waals surface area (Å²) >= 11 is 0. The molecule has 3 fully saturated rings. The van der Waals surface area contributed by atoms with Gasteiger partial charge in [0.25, 0.3) is 0 Å². The number of aromatic amines is 1. The first-order valence-electron chi connectivity index (χ1n) is 14.2. The minimum absolute atomic E-state index is 0.0537. The first-order valence-corrected chi connectivity index (χ1v) is 14.2. The van der Waals surface area contributed by atoms with Gasteiger partial charge in [-0.25, -0.2) is 0 Å². The third-order valence-electron chi connectivity index (χ3n) is 10.1. The third kappa shape index (κ3) is 3.51. The second-order valence-electron chi connectivity index (χ2n) is 12.4. The first kappa shape index (κ1) is 26.8. The minimum Gasteiger partial charge on any atom is -0.389 e. The van der Waals surface area contributed by atoms with Crippen LogP contribution in [0.15, 0.2) is 54.3 Å². The smallest absolute Gasteiger partial charge is 0.237 e. The van der Waals surface area contributed by atoms with Gasteiger partial charge in [0.05, 0.1) is 11.7 Å². The molecule has 2 aromatic rings. The molecule has 210 valence electrons. The highest BCUT2D eigenvalue weighted by Gasteiger charge is 2.82.